The molecule has 4 nitrogen and oxygen atoms in total. The maximum Gasteiger partial charge on any atom is 0.253 e. The second-order valence-corrected chi connectivity index (χ2v) is 4.95. The Morgan fingerprint density at radius 2 is 1.95 bits per heavy atom. The number of aromatic hydroxyl groups is 1. The number of rotatable bonds is 2. The first-order chi connectivity index (χ1) is 9.75. The van der Waals surface area contributed by atoms with Gasteiger partial charge in [0.15, 0.2) is 0 Å². The number of carbonyl (C=O) groups excluding carboxylic acids is 1. The van der Waals surface area contributed by atoms with Crippen molar-refractivity contribution in [2.24, 2.45) is 0 Å². The number of carbonyl (C=O) groups is 1. The van der Waals surface area contributed by atoms with Crippen molar-refractivity contribution >= 4 is 5.91 Å². The van der Waals surface area contributed by atoms with Gasteiger partial charge in [-0.3, -0.25) is 9.78 Å². The summed E-state index contributed by atoms with van der Waals surface area (Å²) in [6.45, 7) is 1.66. The largest absolute Gasteiger partial charge is 0.506 e. The molecule has 0 radical (unpaired) electrons. The van der Waals surface area contributed by atoms with Gasteiger partial charge in [0, 0.05) is 30.4 Å². The lowest BCUT2D eigenvalue weighted by Gasteiger charge is -2.15. The maximum absolute atomic E-state index is 12.4. The van der Waals surface area contributed by atoms with Crippen LogP contribution in [-0.4, -0.2) is 34.0 Å². The Balaban J connectivity index is 1.93. The predicted octanol–water partition coefficient (Wildman–Crippen LogP) is 2.69. The molecule has 1 amide bonds. The third kappa shape index (κ3) is 2.37. The molecule has 1 saturated heterocycles. The smallest absolute Gasteiger partial charge is 0.253 e. The van der Waals surface area contributed by atoms with Crippen LogP contribution < -0.4 is 0 Å². The van der Waals surface area contributed by atoms with E-state index in [4.69, 9.17) is 0 Å². The zero-order valence-corrected chi connectivity index (χ0v) is 11.1. The van der Waals surface area contributed by atoms with Crippen molar-refractivity contribution in [3.63, 3.8) is 0 Å². The molecule has 1 aliphatic rings. The van der Waals surface area contributed by atoms with Crippen molar-refractivity contribution < 1.29 is 9.90 Å². The maximum atomic E-state index is 12.4. The van der Waals surface area contributed by atoms with Gasteiger partial charge < -0.3 is 10.0 Å². The topological polar surface area (TPSA) is 53.4 Å². The molecule has 0 unspecified atom stereocenters. The van der Waals surface area contributed by atoms with Crippen molar-refractivity contribution in [3.05, 3.63) is 48.2 Å². The molecule has 1 aromatic heterocycles. The van der Waals surface area contributed by atoms with Crippen LogP contribution in [0.15, 0.2) is 42.6 Å². The van der Waals surface area contributed by atoms with Crippen LogP contribution in [0.4, 0.5) is 0 Å². The van der Waals surface area contributed by atoms with E-state index in [0.717, 1.165) is 31.5 Å². The summed E-state index contributed by atoms with van der Waals surface area (Å²) in [6.07, 6.45) is 3.78. The fourth-order valence-electron chi connectivity index (χ4n) is 2.52. The van der Waals surface area contributed by atoms with Gasteiger partial charge in [0.1, 0.15) is 11.4 Å². The van der Waals surface area contributed by atoms with E-state index in [9.17, 15) is 9.90 Å². The van der Waals surface area contributed by atoms with E-state index >= 15 is 0 Å². The highest BCUT2D eigenvalue weighted by Crippen LogP contribution is 2.27. The van der Waals surface area contributed by atoms with Crippen molar-refractivity contribution in [1.29, 1.82) is 0 Å². The van der Waals surface area contributed by atoms with Crippen LogP contribution in [0, 0.1) is 0 Å². The number of benzene rings is 1. The first-order valence-corrected chi connectivity index (χ1v) is 6.79. The van der Waals surface area contributed by atoms with Crippen LogP contribution in [0.25, 0.3) is 11.3 Å². The van der Waals surface area contributed by atoms with E-state index in [1.54, 1.807) is 24.4 Å². The molecule has 20 heavy (non-hydrogen) atoms. The summed E-state index contributed by atoms with van der Waals surface area (Å²) in [4.78, 5) is 18.4. The second-order valence-electron chi connectivity index (χ2n) is 4.95. The molecule has 3 rings (SSSR count). The molecule has 1 aromatic carbocycles. The van der Waals surface area contributed by atoms with Crippen molar-refractivity contribution in [1.82, 2.24) is 9.88 Å². The van der Waals surface area contributed by atoms with E-state index in [1.807, 2.05) is 23.1 Å². The Bertz CT molecular complexity index is 634. The zero-order valence-electron chi connectivity index (χ0n) is 11.1. The molecular formula is C16H16N2O2. The van der Waals surface area contributed by atoms with Crippen LogP contribution in [0.5, 0.6) is 5.75 Å². The summed E-state index contributed by atoms with van der Waals surface area (Å²) < 4.78 is 0. The third-order valence-electron chi connectivity index (χ3n) is 3.56. The summed E-state index contributed by atoms with van der Waals surface area (Å²) in [7, 11) is 0. The third-order valence-corrected chi connectivity index (χ3v) is 3.56. The zero-order chi connectivity index (χ0) is 13.9. The summed E-state index contributed by atoms with van der Waals surface area (Å²) in [5, 5.41) is 9.85. The molecule has 2 aromatic rings. The minimum absolute atomic E-state index is 0.0553. The van der Waals surface area contributed by atoms with Crippen molar-refractivity contribution in [2.45, 2.75) is 12.8 Å². The van der Waals surface area contributed by atoms with E-state index < -0.39 is 0 Å². The number of amides is 1. The van der Waals surface area contributed by atoms with Crippen LogP contribution in [0.1, 0.15) is 23.2 Å². The van der Waals surface area contributed by atoms with E-state index in [2.05, 4.69) is 4.98 Å². The lowest BCUT2D eigenvalue weighted by Crippen LogP contribution is -2.27. The second kappa shape index (κ2) is 5.33. The van der Waals surface area contributed by atoms with E-state index in [0.29, 0.717) is 11.3 Å². The molecule has 2 heterocycles. The Morgan fingerprint density at radius 1 is 1.15 bits per heavy atom. The first kappa shape index (κ1) is 12.7. The molecule has 0 spiro atoms. The van der Waals surface area contributed by atoms with Gasteiger partial charge in [-0.05, 0) is 37.1 Å². The normalized spacial score (nSPS) is 14.5. The monoisotopic (exact) mass is 268 g/mol. The Labute approximate surface area is 117 Å². The van der Waals surface area contributed by atoms with Crippen LogP contribution in [0.3, 0.4) is 0 Å². The summed E-state index contributed by atoms with van der Waals surface area (Å²) >= 11 is 0. The lowest BCUT2D eigenvalue weighted by atomic mass is 10.1. The molecule has 102 valence electrons. The van der Waals surface area contributed by atoms with Gasteiger partial charge in [0.2, 0.25) is 0 Å². The van der Waals surface area contributed by atoms with Gasteiger partial charge >= 0.3 is 0 Å². The Hall–Kier alpha value is -2.36. The van der Waals surface area contributed by atoms with E-state index in [-0.39, 0.29) is 11.7 Å². The number of hydrogen-bond donors (Lipinski definition) is 1. The molecule has 0 bridgehead atoms. The van der Waals surface area contributed by atoms with Crippen LogP contribution >= 0.6 is 0 Å². The molecule has 0 atom stereocenters. The summed E-state index contributed by atoms with van der Waals surface area (Å²) in [5.41, 5.74) is 1.91. The standard InChI is InChI=1S/C16H16N2O2/c19-14-7-4-8-17-15(14)12-5-3-6-13(11-12)16(20)18-9-1-2-10-18/h3-8,11,19H,1-2,9-10H2. The van der Waals surface area contributed by atoms with Gasteiger partial charge in [0.05, 0.1) is 0 Å². The number of nitrogens with zero attached hydrogens (tertiary/aromatic N) is 2. The van der Waals surface area contributed by atoms with Crippen LogP contribution in [-0.2, 0) is 0 Å². The van der Waals surface area contributed by atoms with Crippen LogP contribution in [0.2, 0.25) is 0 Å². The minimum atomic E-state index is 0.0553. The number of aromatic nitrogens is 1. The lowest BCUT2D eigenvalue weighted by molar-refractivity contribution is 0.0793. The van der Waals surface area contributed by atoms with Gasteiger partial charge in [-0.1, -0.05) is 12.1 Å². The molecule has 1 aliphatic heterocycles. The first-order valence-electron chi connectivity index (χ1n) is 6.79. The quantitative estimate of drug-likeness (QED) is 0.911. The SMILES string of the molecule is O=C(c1cccc(-c2ncccc2O)c1)N1CCCC1. The summed E-state index contributed by atoms with van der Waals surface area (Å²) in [6, 6.07) is 10.6. The molecular weight excluding hydrogens is 252 g/mol. The molecule has 0 saturated carbocycles. The van der Waals surface area contributed by atoms with Gasteiger partial charge in [-0.15, -0.1) is 0 Å². The molecule has 0 aliphatic carbocycles. The van der Waals surface area contributed by atoms with Gasteiger partial charge in [0.25, 0.3) is 5.91 Å². The van der Waals surface area contributed by atoms with E-state index in [1.165, 1.54) is 0 Å². The molecule has 1 N–H and O–H groups in total. The minimum Gasteiger partial charge on any atom is -0.506 e. The number of pyridine rings is 1. The molecule has 4 heteroatoms. The summed E-state index contributed by atoms with van der Waals surface area (Å²) in [5.74, 6) is 0.179. The fourth-order valence-corrected chi connectivity index (χ4v) is 2.52. The Kier molecular flexibility index (Phi) is 3.37. The highest BCUT2D eigenvalue weighted by molar-refractivity contribution is 5.95. The van der Waals surface area contributed by atoms with Gasteiger partial charge in [-0.25, -0.2) is 0 Å². The van der Waals surface area contributed by atoms with Gasteiger partial charge in [-0.2, -0.15) is 0 Å². The average Bonchev–Trinajstić information content (AvgIpc) is 3.01. The number of hydrogen-bond acceptors (Lipinski definition) is 3. The van der Waals surface area contributed by atoms with Crippen molar-refractivity contribution in [3.8, 4) is 17.0 Å². The van der Waals surface area contributed by atoms with Crippen molar-refractivity contribution in [2.75, 3.05) is 13.1 Å². The number of likely N-dealkylation sites (tertiary alicyclic amines) is 1. The highest BCUT2D eigenvalue weighted by atomic mass is 16.3. The predicted molar refractivity (Wildman–Crippen MR) is 76.5 cm³/mol. The average molecular weight is 268 g/mol. The Morgan fingerprint density at radius 3 is 2.70 bits per heavy atom. The highest BCUT2D eigenvalue weighted by Gasteiger charge is 2.19. The molecule has 1 fully saturated rings. The fraction of sp³-hybridized carbons (Fsp3) is 0.250.